The van der Waals surface area contributed by atoms with Gasteiger partial charge in [-0.3, -0.25) is 0 Å². The van der Waals surface area contributed by atoms with Crippen molar-refractivity contribution >= 4 is 64.3 Å². The minimum Gasteiger partial charge on any atom is -0.144 e. The Morgan fingerprint density at radius 3 is 1.52 bits per heavy atom. The Morgan fingerprint density at radius 1 is 0.524 bits per heavy atom. The third-order valence-corrected chi connectivity index (χ3v) is 9.66. The lowest BCUT2D eigenvalue weighted by Gasteiger charge is -2.24. The van der Waals surface area contributed by atoms with Crippen LogP contribution in [0.2, 0.25) is 0 Å². The smallest absolute Gasteiger partial charge is 0.141 e. The second-order valence-electron chi connectivity index (χ2n) is 11.1. The van der Waals surface area contributed by atoms with Crippen molar-refractivity contribution < 1.29 is 0 Å². The zero-order valence-electron chi connectivity index (χ0n) is 24.2. The molecule has 7 rings (SSSR count). The molecule has 0 aliphatic carbocycles. The fourth-order valence-electron chi connectivity index (χ4n) is 6.82. The number of fused-ring (bicyclic) bond motifs is 3. The summed E-state index contributed by atoms with van der Waals surface area (Å²) in [6, 6.07) is 41.9. The highest BCUT2D eigenvalue weighted by atomic mass is 32.1. The molecule has 0 nitrogen and oxygen atoms in total. The van der Waals surface area contributed by atoms with Crippen LogP contribution in [0.15, 0.2) is 127 Å². The summed E-state index contributed by atoms with van der Waals surface area (Å²) in [6.07, 6.45) is 2.00. The van der Waals surface area contributed by atoms with Crippen LogP contribution in [0.25, 0.3) is 71.8 Å². The Morgan fingerprint density at radius 2 is 0.976 bits per heavy atom. The van der Waals surface area contributed by atoms with Crippen LogP contribution in [0.1, 0.15) is 16.7 Å². The van der Waals surface area contributed by atoms with Gasteiger partial charge in [0.2, 0.25) is 0 Å². The van der Waals surface area contributed by atoms with Crippen molar-refractivity contribution in [2.75, 3.05) is 0 Å². The van der Waals surface area contributed by atoms with Crippen molar-refractivity contribution in [2.24, 2.45) is 0 Å². The topological polar surface area (TPSA) is 0 Å². The molecular weight excluding hydrogens is 523 g/mol. The van der Waals surface area contributed by atoms with E-state index in [1.807, 2.05) is 6.08 Å². The van der Waals surface area contributed by atoms with Gasteiger partial charge in [-0.05, 0) is 96.2 Å². The van der Waals surface area contributed by atoms with Gasteiger partial charge in [0, 0.05) is 4.90 Å². The first kappa shape index (κ1) is 26.4. The summed E-state index contributed by atoms with van der Waals surface area (Å²) in [5.74, 6) is 0. The molecule has 0 N–H and O–H groups in total. The van der Waals surface area contributed by atoms with Crippen LogP contribution in [0, 0.1) is 13.8 Å². The van der Waals surface area contributed by atoms with Gasteiger partial charge < -0.3 is 0 Å². The number of benzene rings is 7. The monoisotopic (exact) mass is 554 g/mol. The van der Waals surface area contributed by atoms with Gasteiger partial charge in [-0.2, -0.15) is 0 Å². The van der Waals surface area contributed by atoms with E-state index >= 15 is 0 Å². The maximum atomic E-state index is 4.90. The van der Waals surface area contributed by atoms with Crippen molar-refractivity contribution in [3.05, 3.63) is 139 Å². The molecule has 7 aromatic carbocycles. The van der Waals surface area contributed by atoms with Gasteiger partial charge in [-0.1, -0.05) is 133 Å². The zero-order valence-corrected chi connectivity index (χ0v) is 25.1. The Labute approximate surface area is 254 Å². The predicted molar refractivity (Wildman–Crippen MR) is 190 cm³/mol. The third kappa shape index (κ3) is 3.94. The molecule has 0 saturated heterocycles. The van der Waals surface area contributed by atoms with Gasteiger partial charge in [0.05, 0.1) is 0 Å². The van der Waals surface area contributed by atoms with E-state index in [-0.39, 0.29) is 0 Å². The maximum absolute atomic E-state index is 4.90. The van der Waals surface area contributed by atoms with E-state index in [1.165, 1.54) is 82.3 Å². The van der Waals surface area contributed by atoms with E-state index in [2.05, 4.69) is 144 Å². The Hall–Kier alpha value is -4.53. The molecule has 200 valence electrons. The van der Waals surface area contributed by atoms with Crippen molar-refractivity contribution in [3.63, 3.8) is 0 Å². The van der Waals surface area contributed by atoms with E-state index in [9.17, 15) is 0 Å². The lowest BCUT2D eigenvalue weighted by atomic mass is 9.77. The normalized spacial score (nSPS) is 11.4. The quantitative estimate of drug-likeness (QED) is 0.125. The van der Waals surface area contributed by atoms with E-state index in [1.54, 1.807) is 0 Å². The highest BCUT2D eigenvalue weighted by molar-refractivity contribution is 7.80. The molecule has 0 fully saturated rings. The number of rotatable bonds is 4. The number of hydrogen-bond donors (Lipinski definition) is 1. The number of thiol groups is 1. The van der Waals surface area contributed by atoms with Gasteiger partial charge >= 0.3 is 0 Å². The number of hydrogen-bond acceptors (Lipinski definition) is 1. The summed E-state index contributed by atoms with van der Waals surface area (Å²) in [7, 11) is 2.16. The fourth-order valence-corrected chi connectivity index (χ4v) is 7.10. The van der Waals surface area contributed by atoms with Crippen LogP contribution in [-0.4, -0.2) is 7.85 Å². The first-order chi connectivity index (χ1) is 20.5. The van der Waals surface area contributed by atoms with Gasteiger partial charge in [0.15, 0.2) is 0 Å². The van der Waals surface area contributed by atoms with E-state index in [0.29, 0.717) is 0 Å². The zero-order chi connectivity index (χ0) is 29.0. The summed E-state index contributed by atoms with van der Waals surface area (Å²) in [6.45, 7) is 8.66. The molecule has 0 atom stereocenters. The molecule has 0 bridgehead atoms. The van der Waals surface area contributed by atoms with Crippen LogP contribution in [0.3, 0.4) is 0 Å². The van der Waals surface area contributed by atoms with Crippen molar-refractivity contribution in [2.45, 2.75) is 18.7 Å². The molecule has 0 radical (unpaired) electrons. The predicted octanol–water partition coefficient (Wildman–Crippen LogP) is 9.95. The Bertz CT molecular complexity index is 2130. The summed E-state index contributed by atoms with van der Waals surface area (Å²) < 4.78 is 0. The SMILES string of the molecule is Bc1c(S)c(C)c(C)c(-c2c3ccccc3c(-c3ccc(-c4ccccc4)c4ccccc34)c3ccccc23)c1C=C. The highest BCUT2D eigenvalue weighted by Gasteiger charge is 2.23. The summed E-state index contributed by atoms with van der Waals surface area (Å²) >= 11 is 4.90. The summed E-state index contributed by atoms with van der Waals surface area (Å²) in [4.78, 5) is 1.04. The summed E-state index contributed by atoms with van der Waals surface area (Å²) in [5.41, 5.74) is 12.3. The van der Waals surface area contributed by atoms with Gasteiger partial charge in [0.25, 0.3) is 0 Å². The minimum absolute atomic E-state index is 1.04. The van der Waals surface area contributed by atoms with Crippen molar-refractivity contribution in [3.8, 4) is 33.4 Å². The molecule has 0 aliphatic rings. The Kier molecular flexibility index (Phi) is 6.52. The largest absolute Gasteiger partial charge is 0.144 e. The average molecular weight is 555 g/mol. The van der Waals surface area contributed by atoms with Crippen LogP contribution in [-0.2, 0) is 0 Å². The van der Waals surface area contributed by atoms with Crippen LogP contribution >= 0.6 is 12.6 Å². The van der Waals surface area contributed by atoms with E-state index < -0.39 is 0 Å². The second-order valence-corrected chi connectivity index (χ2v) is 11.6. The van der Waals surface area contributed by atoms with Crippen molar-refractivity contribution in [1.29, 1.82) is 0 Å². The molecule has 0 aliphatic heterocycles. The second kappa shape index (κ2) is 10.4. The Balaban J connectivity index is 1.65. The molecule has 42 heavy (non-hydrogen) atoms. The van der Waals surface area contributed by atoms with Crippen LogP contribution in [0.5, 0.6) is 0 Å². The molecule has 0 saturated carbocycles. The van der Waals surface area contributed by atoms with Crippen LogP contribution in [0.4, 0.5) is 0 Å². The summed E-state index contributed by atoms with van der Waals surface area (Å²) in [5, 5.41) is 7.53. The van der Waals surface area contributed by atoms with Gasteiger partial charge in [0.1, 0.15) is 7.85 Å². The maximum Gasteiger partial charge on any atom is 0.141 e. The third-order valence-electron chi connectivity index (χ3n) is 8.99. The highest BCUT2D eigenvalue weighted by Crippen LogP contribution is 2.48. The molecular formula is C40H31BS. The van der Waals surface area contributed by atoms with E-state index in [0.717, 1.165) is 10.5 Å². The lowest BCUT2D eigenvalue weighted by molar-refractivity contribution is 1.26. The average Bonchev–Trinajstić information content (AvgIpc) is 3.04. The first-order valence-electron chi connectivity index (χ1n) is 14.5. The molecule has 0 spiro atoms. The molecule has 0 amide bonds. The molecule has 2 heteroatoms. The molecule has 0 unspecified atom stereocenters. The molecule has 0 aromatic heterocycles. The van der Waals surface area contributed by atoms with Crippen LogP contribution < -0.4 is 5.46 Å². The fraction of sp³-hybridized carbons (Fsp3) is 0.0500. The standard InChI is InChI=1S/C40H31BS/c1-4-27-36(24(2)25(3)40(42)39(27)41)38-33-20-12-10-18-31(33)37(32-19-11-13-21-34(32)38)35-23-22-28(26-14-6-5-7-15-26)29-16-8-9-17-30(29)35/h4-23,42H,1,41H2,2-3H3. The molecule has 7 aromatic rings. The lowest BCUT2D eigenvalue weighted by Crippen LogP contribution is -2.15. The van der Waals surface area contributed by atoms with Crippen molar-refractivity contribution in [1.82, 2.24) is 0 Å². The molecule has 0 heterocycles. The minimum atomic E-state index is 1.04. The van der Waals surface area contributed by atoms with E-state index in [4.69, 9.17) is 12.6 Å². The van der Waals surface area contributed by atoms with Gasteiger partial charge in [-0.25, -0.2) is 0 Å². The van der Waals surface area contributed by atoms with Gasteiger partial charge in [-0.15, -0.1) is 12.6 Å². The first-order valence-corrected chi connectivity index (χ1v) is 14.9.